The van der Waals surface area contributed by atoms with Crippen molar-refractivity contribution in [1.29, 1.82) is 0 Å². The van der Waals surface area contributed by atoms with Crippen LogP contribution >= 0.6 is 11.8 Å². The van der Waals surface area contributed by atoms with Gasteiger partial charge in [-0.15, -0.1) is 10.2 Å². The summed E-state index contributed by atoms with van der Waals surface area (Å²) in [7, 11) is 3.13. The number of aryl methyl sites for hydroxylation is 1. The van der Waals surface area contributed by atoms with Crippen molar-refractivity contribution in [3.05, 3.63) is 83.4 Å². The maximum Gasteiger partial charge on any atom is 0.254 e. The molecule has 1 unspecified atom stereocenters. The van der Waals surface area contributed by atoms with E-state index in [4.69, 9.17) is 14.5 Å². The highest BCUT2D eigenvalue weighted by Crippen LogP contribution is 2.30. The van der Waals surface area contributed by atoms with Crippen molar-refractivity contribution in [2.45, 2.75) is 50.9 Å². The third kappa shape index (κ3) is 7.20. The number of carbonyl (C=O) groups excluding carboxylic acids is 2. The molecule has 1 atom stereocenters. The Hall–Kier alpha value is -4.64. The van der Waals surface area contributed by atoms with Gasteiger partial charge in [0.05, 0.1) is 19.7 Å². The average molecular weight is 653 g/mol. The second kappa shape index (κ2) is 14.4. The highest BCUT2D eigenvalue weighted by molar-refractivity contribution is 7.99. The van der Waals surface area contributed by atoms with Crippen molar-refractivity contribution in [3.63, 3.8) is 0 Å². The van der Waals surface area contributed by atoms with E-state index < -0.39 is 0 Å². The van der Waals surface area contributed by atoms with Crippen LogP contribution in [-0.4, -0.2) is 87.0 Å². The summed E-state index contributed by atoms with van der Waals surface area (Å²) in [6.07, 6.45) is 2.10. The lowest BCUT2D eigenvalue weighted by molar-refractivity contribution is -0.133. The van der Waals surface area contributed by atoms with Gasteiger partial charge < -0.3 is 23.8 Å². The SMILES string of the molecule is COc1cc(OC)cc(C(=O)N2CCN(C(=O)CCCCSc3nnc4c5cc(C)ccc5n(Cc5ccccc5)c4n3)CC2C)c1. The van der Waals surface area contributed by atoms with Crippen molar-refractivity contribution >= 4 is 45.6 Å². The van der Waals surface area contributed by atoms with Gasteiger partial charge in [-0.05, 0) is 56.5 Å². The molecule has 0 aliphatic carbocycles. The number of methoxy groups -OCH3 is 2. The van der Waals surface area contributed by atoms with Crippen LogP contribution in [-0.2, 0) is 11.3 Å². The van der Waals surface area contributed by atoms with Crippen LogP contribution in [0.3, 0.4) is 0 Å². The normalized spacial score (nSPS) is 14.9. The predicted molar refractivity (Wildman–Crippen MR) is 184 cm³/mol. The molecule has 1 aliphatic heterocycles. The minimum Gasteiger partial charge on any atom is -0.497 e. The van der Waals surface area contributed by atoms with Crippen LogP contribution in [0.5, 0.6) is 11.5 Å². The molecule has 0 saturated carbocycles. The summed E-state index contributed by atoms with van der Waals surface area (Å²) in [5.74, 6) is 1.96. The highest BCUT2D eigenvalue weighted by Gasteiger charge is 2.30. The van der Waals surface area contributed by atoms with Gasteiger partial charge in [-0.2, -0.15) is 0 Å². The summed E-state index contributed by atoms with van der Waals surface area (Å²) in [4.78, 5) is 35.0. The molecule has 0 spiro atoms. The van der Waals surface area contributed by atoms with E-state index in [1.54, 1.807) is 44.2 Å². The van der Waals surface area contributed by atoms with Gasteiger partial charge >= 0.3 is 0 Å². The molecule has 0 bridgehead atoms. The number of piperazine rings is 1. The van der Waals surface area contributed by atoms with Crippen molar-refractivity contribution in [3.8, 4) is 11.5 Å². The molecule has 1 saturated heterocycles. The fourth-order valence-electron chi connectivity index (χ4n) is 6.12. The second-order valence-corrected chi connectivity index (χ2v) is 13.0. The molecule has 2 aromatic heterocycles. The first-order valence-electron chi connectivity index (χ1n) is 16.0. The molecule has 3 aromatic carbocycles. The van der Waals surface area contributed by atoms with Gasteiger partial charge in [0.15, 0.2) is 5.65 Å². The third-order valence-corrected chi connectivity index (χ3v) is 9.57. The molecule has 1 fully saturated rings. The van der Waals surface area contributed by atoms with Crippen molar-refractivity contribution < 1.29 is 19.1 Å². The number of fused-ring (bicyclic) bond motifs is 3. The number of ether oxygens (including phenoxy) is 2. The summed E-state index contributed by atoms with van der Waals surface area (Å²) >= 11 is 1.57. The van der Waals surface area contributed by atoms with Crippen LogP contribution in [0, 0.1) is 6.92 Å². The monoisotopic (exact) mass is 652 g/mol. The Morgan fingerprint density at radius 1 is 0.936 bits per heavy atom. The maximum atomic E-state index is 13.3. The van der Waals surface area contributed by atoms with Crippen LogP contribution in [0.25, 0.3) is 22.1 Å². The van der Waals surface area contributed by atoms with E-state index in [9.17, 15) is 9.59 Å². The number of aromatic nitrogens is 4. The predicted octanol–water partition coefficient (Wildman–Crippen LogP) is 5.99. The minimum absolute atomic E-state index is 0.0933. The number of benzene rings is 3. The Morgan fingerprint density at radius 3 is 2.43 bits per heavy atom. The molecule has 6 rings (SSSR count). The standard InChI is InChI=1S/C36H40N6O4S/c1-24-13-14-31-30(18-24)33-34(42(31)23-26-10-6-5-7-11-26)37-36(39-38-33)47-17-9-8-12-32(43)40-15-16-41(25(2)22-40)35(44)27-19-28(45-3)21-29(20-27)46-4/h5-7,10-11,13-14,18-21,25H,8-9,12,15-17,22-23H2,1-4H3. The molecule has 0 N–H and O–H groups in total. The van der Waals surface area contributed by atoms with Gasteiger partial charge in [0.1, 0.15) is 17.0 Å². The molecule has 1 aliphatic rings. The molecular formula is C36H40N6O4S. The molecule has 11 heteroatoms. The number of unbranched alkanes of at least 4 members (excludes halogenated alkanes) is 1. The van der Waals surface area contributed by atoms with Gasteiger partial charge in [-0.25, -0.2) is 4.98 Å². The first kappa shape index (κ1) is 32.3. The zero-order chi connectivity index (χ0) is 32.9. The summed E-state index contributed by atoms with van der Waals surface area (Å²) in [6.45, 7) is 6.27. The van der Waals surface area contributed by atoms with Crippen LogP contribution in [0.15, 0.2) is 71.9 Å². The van der Waals surface area contributed by atoms with Crippen LogP contribution in [0.1, 0.15) is 47.7 Å². The lowest BCUT2D eigenvalue weighted by Gasteiger charge is -2.40. The number of carbonyl (C=O) groups is 2. The topological polar surface area (TPSA) is 103 Å². The van der Waals surface area contributed by atoms with Crippen molar-refractivity contribution in [2.75, 3.05) is 39.6 Å². The van der Waals surface area contributed by atoms with E-state index in [0.717, 1.165) is 40.7 Å². The number of amides is 2. The van der Waals surface area contributed by atoms with E-state index in [1.165, 1.54) is 11.1 Å². The number of nitrogens with zero attached hydrogens (tertiary/aromatic N) is 6. The van der Waals surface area contributed by atoms with Crippen molar-refractivity contribution in [2.24, 2.45) is 0 Å². The van der Waals surface area contributed by atoms with E-state index in [1.807, 2.05) is 22.8 Å². The zero-order valence-corrected chi connectivity index (χ0v) is 28.1. The minimum atomic E-state index is -0.103. The van der Waals surface area contributed by atoms with E-state index in [2.05, 4.69) is 64.2 Å². The van der Waals surface area contributed by atoms with Gasteiger partial charge in [-0.1, -0.05) is 53.7 Å². The number of rotatable bonds is 11. The number of hydrogen-bond acceptors (Lipinski definition) is 8. The van der Waals surface area contributed by atoms with Crippen LogP contribution in [0.2, 0.25) is 0 Å². The van der Waals surface area contributed by atoms with Gasteiger partial charge in [0.25, 0.3) is 5.91 Å². The summed E-state index contributed by atoms with van der Waals surface area (Å²) in [6, 6.07) is 21.9. The first-order valence-corrected chi connectivity index (χ1v) is 16.9. The maximum absolute atomic E-state index is 13.3. The lowest BCUT2D eigenvalue weighted by atomic mass is 10.1. The average Bonchev–Trinajstić information content (AvgIpc) is 3.39. The molecule has 244 valence electrons. The largest absolute Gasteiger partial charge is 0.497 e. The summed E-state index contributed by atoms with van der Waals surface area (Å²) < 4.78 is 12.9. The van der Waals surface area contributed by atoms with Gasteiger partial charge in [-0.3, -0.25) is 9.59 Å². The Bertz CT molecular complexity index is 1870. The fraction of sp³-hybridized carbons (Fsp3) is 0.361. The molecule has 0 radical (unpaired) electrons. The Balaban J connectivity index is 1.02. The van der Waals surface area contributed by atoms with Crippen molar-refractivity contribution in [1.82, 2.24) is 29.5 Å². The number of thioether (sulfide) groups is 1. The second-order valence-electron chi connectivity index (χ2n) is 12.0. The van der Waals surface area contributed by atoms with E-state index >= 15 is 0 Å². The van der Waals surface area contributed by atoms with Gasteiger partial charge in [0.2, 0.25) is 11.1 Å². The Labute approximate surface area is 279 Å². The molecular weight excluding hydrogens is 613 g/mol. The van der Waals surface area contributed by atoms with Crippen LogP contribution in [0.4, 0.5) is 0 Å². The molecule has 2 amide bonds. The first-order chi connectivity index (χ1) is 22.8. The Morgan fingerprint density at radius 2 is 1.70 bits per heavy atom. The van der Waals surface area contributed by atoms with Gasteiger partial charge in [0, 0.05) is 61.4 Å². The van der Waals surface area contributed by atoms with E-state index in [0.29, 0.717) is 54.8 Å². The molecule has 3 heterocycles. The van der Waals surface area contributed by atoms with E-state index in [-0.39, 0.29) is 17.9 Å². The number of hydrogen-bond donors (Lipinski definition) is 0. The zero-order valence-electron chi connectivity index (χ0n) is 27.3. The quantitative estimate of drug-likeness (QED) is 0.127. The lowest BCUT2D eigenvalue weighted by Crippen LogP contribution is -2.55. The fourth-order valence-corrected chi connectivity index (χ4v) is 6.91. The Kier molecular flexibility index (Phi) is 9.91. The van der Waals surface area contributed by atoms with Crippen LogP contribution < -0.4 is 9.47 Å². The smallest absolute Gasteiger partial charge is 0.254 e. The highest BCUT2D eigenvalue weighted by atomic mass is 32.2. The summed E-state index contributed by atoms with van der Waals surface area (Å²) in [5.41, 5.74) is 5.62. The third-order valence-electron chi connectivity index (χ3n) is 8.64. The summed E-state index contributed by atoms with van der Waals surface area (Å²) in [5, 5.41) is 10.8. The molecule has 5 aromatic rings. The molecule has 10 nitrogen and oxygen atoms in total. The molecule has 47 heavy (non-hydrogen) atoms.